The van der Waals surface area contributed by atoms with Crippen molar-refractivity contribution in [2.75, 3.05) is 26.2 Å². The standard InChI is InChI=1S/C20H28N6O/c27-18(25-14-4-8-20(11-16-25)9-12-21-13-10-20)7-15-26-23-19(22-24-26)17-5-2-1-3-6-17/h1-3,5-6,21H,4,7-16H2. The quantitative estimate of drug-likeness (QED) is 0.895. The van der Waals surface area contributed by atoms with Crippen molar-refractivity contribution in [1.82, 2.24) is 30.4 Å². The topological polar surface area (TPSA) is 75.9 Å². The molecule has 7 heteroatoms. The molecule has 7 nitrogen and oxygen atoms in total. The Kier molecular flexibility index (Phi) is 5.48. The van der Waals surface area contributed by atoms with E-state index >= 15 is 0 Å². The highest BCUT2D eigenvalue weighted by atomic mass is 16.2. The highest BCUT2D eigenvalue weighted by molar-refractivity contribution is 5.76. The van der Waals surface area contributed by atoms with Crippen molar-refractivity contribution in [2.45, 2.75) is 45.1 Å². The Balaban J connectivity index is 1.30. The Morgan fingerprint density at radius 3 is 2.70 bits per heavy atom. The first-order chi connectivity index (χ1) is 13.2. The van der Waals surface area contributed by atoms with Crippen LogP contribution in [0, 0.1) is 5.41 Å². The van der Waals surface area contributed by atoms with E-state index in [0.29, 0.717) is 24.2 Å². The molecule has 0 aliphatic carbocycles. The van der Waals surface area contributed by atoms with Gasteiger partial charge >= 0.3 is 0 Å². The van der Waals surface area contributed by atoms with Crippen LogP contribution in [0.1, 0.15) is 38.5 Å². The predicted molar refractivity (Wildman–Crippen MR) is 103 cm³/mol. The van der Waals surface area contributed by atoms with Gasteiger partial charge in [-0.1, -0.05) is 30.3 Å². The number of tetrazole rings is 1. The maximum Gasteiger partial charge on any atom is 0.224 e. The minimum atomic E-state index is 0.208. The van der Waals surface area contributed by atoms with Crippen molar-refractivity contribution in [3.05, 3.63) is 30.3 Å². The number of likely N-dealkylation sites (tertiary alicyclic amines) is 1. The molecule has 2 saturated heterocycles. The number of hydrogen-bond acceptors (Lipinski definition) is 5. The van der Waals surface area contributed by atoms with Crippen molar-refractivity contribution in [3.8, 4) is 11.4 Å². The molecule has 1 N–H and O–H groups in total. The first kappa shape index (κ1) is 18.1. The van der Waals surface area contributed by atoms with Crippen molar-refractivity contribution in [1.29, 1.82) is 0 Å². The summed E-state index contributed by atoms with van der Waals surface area (Å²) in [6.45, 7) is 4.49. The zero-order valence-corrected chi connectivity index (χ0v) is 15.8. The van der Waals surface area contributed by atoms with E-state index in [-0.39, 0.29) is 5.91 Å². The van der Waals surface area contributed by atoms with Gasteiger partial charge in [0.2, 0.25) is 11.7 Å². The molecule has 4 rings (SSSR count). The summed E-state index contributed by atoms with van der Waals surface area (Å²) in [4.78, 5) is 16.3. The molecule has 0 saturated carbocycles. The van der Waals surface area contributed by atoms with E-state index in [1.54, 1.807) is 0 Å². The highest BCUT2D eigenvalue weighted by Crippen LogP contribution is 2.39. The van der Waals surface area contributed by atoms with E-state index in [1.165, 1.54) is 24.1 Å². The summed E-state index contributed by atoms with van der Waals surface area (Å²) >= 11 is 0. The van der Waals surface area contributed by atoms with Gasteiger partial charge in [-0.15, -0.1) is 10.2 Å². The number of nitrogens with zero attached hydrogens (tertiary/aromatic N) is 5. The molecule has 2 aromatic rings. The van der Waals surface area contributed by atoms with Crippen LogP contribution < -0.4 is 5.32 Å². The molecule has 1 spiro atoms. The van der Waals surface area contributed by atoms with Gasteiger partial charge in [0.25, 0.3) is 0 Å². The van der Waals surface area contributed by atoms with E-state index in [2.05, 4.69) is 20.7 Å². The average molecular weight is 368 g/mol. The molecule has 0 unspecified atom stereocenters. The molecule has 1 aromatic heterocycles. The fourth-order valence-electron chi connectivity index (χ4n) is 4.35. The Morgan fingerprint density at radius 1 is 1.07 bits per heavy atom. The summed E-state index contributed by atoms with van der Waals surface area (Å²) in [6.07, 6.45) is 6.44. The molecule has 27 heavy (non-hydrogen) atoms. The number of piperidine rings is 1. The van der Waals surface area contributed by atoms with Crippen LogP contribution in [0.4, 0.5) is 0 Å². The number of hydrogen-bond donors (Lipinski definition) is 1. The average Bonchev–Trinajstić information content (AvgIpc) is 3.10. The Bertz CT molecular complexity index is 753. The number of carbonyl (C=O) groups is 1. The minimum absolute atomic E-state index is 0.208. The van der Waals surface area contributed by atoms with Gasteiger partial charge < -0.3 is 10.2 Å². The zero-order valence-electron chi connectivity index (χ0n) is 15.8. The van der Waals surface area contributed by atoms with Crippen LogP contribution >= 0.6 is 0 Å². The van der Waals surface area contributed by atoms with Crippen molar-refractivity contribution in [2.24, 2.45) is 5.41 Å². The van der Waals surface area contributed by atoms with Crippen LogP contribution in [0.2, 0.25) is 0 Å². The van der Waals surface area contributed by atoms with Gasteiger partial charge in [-0.05, 0) is 55.8 Å². The van der Waals surface area contributed by atoms with Gasteiger partial charge in [0.1, 0.15) is 0 Å². The van der Waals surface area contributed by atoms with Gasteiger partial charge in [-0.2, -0.15) is 4.80 Å². The number of aryl methyl sites for hydroxylation is 1. The fraction of sp³-hybridized carbons (Fsp3) is 0.600. The lowest BCUT2D eigenvalue weighted by molar-refractivity contribution is -0.131. The monoisotopic (exact) mass is 368 g/mol. The number of aromatic nitrogens is 4. The van der Waals surface area contributed by atoms with Gasteiger partial charge in [0, 0.05) is 25.1 Å². The molecular formula is C20H28N6O. The van der Waals surface area contributed by atoms with Crippen LogP contribution in [0.15, 0.2) is 30.3 Å². The lowest BCUT2D eigenvalue weighted by Crippen LogP contribution is -2.38. The Morgan fingerprint density at radius 2 is 1.89 bits per heavy atom. The first-order valence-corrected chi connectivity index (χ1v) is 10.1. The molecule has 0 bridgehead atoms. The SMILES string of the molecule is O=C(CCn1nnc(-c2ccccc2)n1)N1CCCC2(CCNCC2)CC1. The van der Waals surface area contributed by atoms with E-state index in [0.717, 1.165) is 44.6 Å². The van der Waals surface area contributed by atoms with Crippen molar-refractivity contribution >= 4 is 5.91 Å². The number of carbonyl (C=O) groups excluding carboxylic acids is 1. The zero-order chi connectivity index (χ0) is 18.5. The number of benzene rings is 1. The second-order valence-corrected chi connectivity index (χ2v) is 7.81. The van der Waals surface area contributed by atoms with Crippen LogP contribution in [-0.4, -0.2) is 57.2 Å². The number of rotatable bonds is 4. The molecule has 1 aromatic carbocycles. The fourth-order valence-corrected chi connectivity index (χ4v) is 4.35. The molecule has 0 atom stereocenters. The van der Waals surface area contributed by atoms with Gasteiger partial charge in [0.15, 0.2) is 0 Å². The van der Waals surface area contributed by atoms with Gasteiger partial charge in [-0.3, -0.25) is 4.79 Å². The van der Waals surface area contributed by atoms with Crippen LogP contribution in [-0.2, 0) is 11.3 Å². The van der Waals surface area contributed by atoms with E-state index in [1.807, 2.05) is 35.2 Å². The third-order valence-corrected chi connectivity index (χ3v) is 6.07. The Labute approximate surface area is 160 Å². The molecule has 144 valence electrons. The largest absolute Gasteiger partial charge is 0.343 e. The van der Waals surface area contributed by atoms with Crippen LogP contribution in [0.3, 0.4) is 0 Å². The molecule has 3 heterocycles. The summed E-state index contributed by atoms with van der Waals surface area (Å²) in [5, 5.41) is 16.1. The van der Waals surface area contributed by atoms with Crippen molar-refractivity contribution in [3.63, 3.8) is 0 Å². The van der Waals surface area contributed by atoms with Crippen LogP contribution in [0.25, 0.3) is 11.4 Å². The third kappa shape index (κ3) is 4.35. The number of amides is 1. The summed E-state index contributed by atoms with van der Waals surface area (Å²) < 4.78 is 0. The molecule has 1 amide bonds. The van der Waals surface area contributed by atoms with E-state index < -0.39 is 0 Å². The summed E-state index contributed by atoms with van der Waals surface area (Å²) in [6, 6.07) is 9.78. The molecule has 2 aliphatic heterocycles. The molecule has 2 aliphatic rings. The number of nitrogens with one attached hydrogen (secondary N) is 1. The lowest BCUT2D eigenvalue weighted by Gasteiger charge is -2.37. The predicted octanol–water partition coefficient (Wildman–Crippen LogP) is 2.11. The normalized spacial score (nSPS) is 19.8. The first-order valence-electron chi connectivity index (χ1n) is 10.1. The molecule has 0 radical (unpaired) electrons. The third-order valence-electron chi connectivity index (χ3n) is 6.07. The van der Waals surface area contributed by atoms with E-state index in [9.17, 15) is 4.79 Å². The maximum atomic E-state index is 12.7. The second-order valence-electron chi connectivity index (χ2n) is 7.81. The van der Waals surface area contributed by atoms with E-state index in [4.69, 9.17) is 0 Å². The van der Waals surface area contributed by atoms with Crippen LogP contribution in [0.5, 0.6) is 0 Å². The van der Waals surface area contributed by atoms with Gasteiger partial charge in [0.05, 0.1) is 6.54 Å². The summed E-state index contributed by atoms with van der Waals surface area (Å²) in [5.41, 5.74) is 1.40. The second kappa shape index (κ2) is 8.17. The highest BCUT2D eigenvalue weighted by Gasteiger charge is 2.34. The molecule has 2 fully saturated rings. The smallest absolute Gasteiger partial charge is 0.224 e. The lowest BCUT2D eigenvalue weighted by atomic mass is 9.73. The van der Waals surface area contributed by atoms with Gasteiger partial charge in [-0.25, -0.2) is 0 Å². The molecular weight excluding hydrogens is 340 g/mol. The van der Waals surface area contributed by atoms with Crippen molar-refractivity contribution < 1.29 is 4.79 Å². The summed E-state index contributed by atoms with van der Waals surface area (Å²) in [7, 11) is 0. The maximum absolute atomic E-state index is 12.7. The minimum Gasteiger partial charge on any atom is -0.343 e. The Hall–Kier alpha value is -2.28. The summed E-state index contributed by atoms with van der Waals surface area (Å²) in [5.74, 6) is 0.810.